The Labute approximate surface area is 140 Å². The molecule has 0 spiro atoms. The van der Waals surface area contributed by atoms with Gasteiger partial charge in [0.2, 0.25) is 10.0 Å². The summed E-state index contributed by atoms with van der Waals surface area (Å²) in [6.07, 6.45) is 2.78. The predicted octanol–water partition coefficient (Wildman–Crippen LogP) is 3.01. The quantitative estimate of drug-likeness (QED) is 0.691. The SMILES string of the molecule is O=S(=O)(CCc1ccccc1)NCCc1c[nH]c2ccc(F)cc12. The Morgan fingerprint density at radius 2 is 1.83 bits per heavy atom. The molecule has 0 amide bonds. The van der Waals surface area contributed by atoms with Crippen molar-refractivity contribution in [2.75, 3.05) is 12.3 Å². The molecule has 6 heteroatoms. The fraction of sp³-hybridized carbons (Fsp3) is 0.222. The van der Waals surface area contributed by atoms with Gasteiger partial charge in [0.05, 0.1) is 5.75 Å². The normalized spacial score (nSPS) is 11.9. The lowest BCUT2D eigenvalue weighted by atomic mass is 10.1. The van der Waals surface area contributed by atoms with E-state index in [-0.39, 0.29) is 11.6 Å². The molecule has 0 aliphatic heterocycles. The first-order chi connectivity index (χ1) is 11.5. The van der Waals surface area contributed by atoms with Gasteiger partial charge in [0.25, 0.3) is 0 Å². The molecule has 1 heterocycles. The van der Waals surface area contributed by atoms with Gasteiger partial charge in [0.1, 0.15) is 5.82 Å². The van der Waals surface area contributed by atoms with Gasteiger partial charge in [-0.15, -0.1) is 0 Å². The summed E-state index contributed by atoms with van der Waals surface area (Å²) in [7, 11) is -3.33. The molecule has 0 aliphatic rings. The van der Waals surface area contributed by atoms with E-state index in [9.17, 15) is 12.8 Å². The first-order valence-electron chi connectivity index (χ1n) is 7.80. The van der Waals surface area contributed by atoms with Gasteiger partial charge >= 0.3 is 0 Å². The monoisotopic (exact) mass is 346 g/mol. The van der Waals surface area contributed by atoms with E-state index < -0.39 is 10.0 Å². The van der Waals surface area contributed by atoms with E-state index in [0.717, 1.165) is 22.0 Å². The van der Waals surface area contributed by atoms with Gasteiger partial charge in [-0.25, -0.2) is 17.5 Å². The predicted molar refractivity (Wildman–Crippen MR) is 93.9 cm³/mol. The van der Waals surface area contributed by atoms with Gasteiger partial charge in [0, 0.05) is 23.6 Å². The van der Waals surface area contributed by atoms with E-state index in [1.54, 1.807) is 12.3 Å². The second kappa shape index (κ2) is 7.15. The first kappa shape index (κ1) is 16.7. The van der Waals surface area contributed by atoms with E-state index >= 15 is 0 Å². The Bertz CT molecular complexity index is 921. The molecule has 24 heavy (non-hydrogen) atoms. The summed E-state index contributed by atoms with van der Waals surface area (Å²) in [6.45, 7) is 0.292. The number of hydrogen-bond acceptors (Lipinski definition) is 2. The molecule has 4 nitrogen and oxygen atoms in total. The lowest BCUT2D eigenvalue weighted by Crippen LogP contribution is -2.29. The van der Waals surface area contributed by atoms with Gasteiger partial charge in [0.15, 0.2) is 0 Å². The van der Waals surface area contributed by atoms with Crippen molar-refractivity contribution in [1.82, 2.24) is 9.71 Å². The molecular formula is C18H19FN2O2S. The van der Waals surface area contributed by atoms with Crippen molar-refractivity contribution in [3.63, 3.8) is 0 Å². The summed E-state index contributed by atoms with van der Waals surface area (Å²) >= 11 is 0. The van der Waals surface area contributed by atoms with Gasteiger partial charge in [-0.2, -0.15) is 0 Å². The van der Waals surface area contributed by atoms with E-state index in [2.05, 4.69) is 9.71 Å². The zero-order valence-electron chi connectivity index (χ0n) is 13.1. The Morgan fingerprint density at radius 1 is 1.04 bits per heavy atom. The lowest BCUT2D eigenvalue weighted by Gasteiger charge is -2.06. The van der Waals surface area contributed by atoms with Crippen LogP contribution >= 0.6 is 0 Å². The molecule has 3 rings (SSSR count). The summed E-state index contributed by atoms with van der Waals surface area (Å²) in [4.78, 5) is 3.07. The lowest BCUT2D eigenvalue weighted by molar-refractivity contribution is 0.581. The topological polar surface area (TPSA) is 62.0 Å². The summed E-state index contributed by atoms with van der Waals surface area (Å²) in [5.41, 5.74) is 2.74. The van der Waals surface area contributed by atoms with Crippen molar-refractivity contribution in [3.8, 4) is 0 Å². The van der Waals surface area contributed by atoms with E-state index in [4.69, 9.17) is 0 Å². The van der Waals surface area contributed by atoms with E-state index in [0.29, 0.717) is 19.4 Å². The van der Waals surface area contributed by atoms with Crippen molar-refractivity contribution in [2.24, 2.45) is 0 Å². The molecule has 0 aliphatic carbocycles. The van der Waals surface area contributed by atoms with Gasteiger partial charge < -0.3 is 4.98 Å². The number of sulfonamides is 1. The van der Waals surface area contributed by atoms with Crippen LogP contribution in [0.1, 0.15) is 11.1 Å². The van der Waals surface area contributed by atoms with Crippen LogP contribution in [0.5, 0.6) is 0 Å². The standard InChI is InChI=1S/C18H19FN2O2S/c19-16-6-7-18-17(12-16)15(13-20-18)8-10-21-24(22,23)11-9-14-4-2-1-3-5-14/h1-7,12-13,20-21H,8-11H2. The molecule has 0 saturated carbocycles. The van der Waals surface area contributed by atoms with Crippen molar-refractivity contribution in [2.45, 2.75) is 12.8 Å². The maximum Gasteiger partial charge on any atom is 0.211 e. The number of aryl methyl sites for hydroxylation is 1. The second-order valence-electron chi connectivity index (χ2n) is 5.70. The molecule has 2 aromatic carbocycles. The Morgan fingerprint density at radius 3 is 2.62 bits per heavy atom. The third kappa shape index (κ3) is 4.21. The van der Waals surface area contributed by atoms with Gasteiger partial charge in [-0.1, -0.05) is 30.3 Å². The molecule has 126 valence electrons. The molecule has 0 atom stereocenters. The maximum absolute atomic E-state index is 13.3. The van der Waals surface area contributed by atoms with Crippen LogP contribution in [-0.2, 0) is 22.9 Å². The third-order valence-corrected chi connectivity index (χ3v) is 5.33. The largest absolute Gasteiger partial charge is 0.361 e. The maximum atomic E-state index is 13.3. The molecule has 0 unspecified atom stereocenters. The summed E-state index contributed by atoms with van der Waals surface area (Å²) < 4.78 is 40.1. The number of H-pyrrole nitrogens is 1. The fourth-order valence-corrected chi connectivity index (χ4v) is 3.73. The smallest absolute Gasteiger partial charge is 0.211 e. The molecular weight excluding hydrogens is 327 g/mol. The number of hydrogen-bond donors (Lipinski definition) is 2. The minimum absolute atomic E-state index is 0.0551. The number of halogens is 1. The van der Waals surface area contributed by atoms with Crippen LogP contribution in [0.3, 0.4) is 0 Å². The van der Waals surface area contributed by atoms with Crippen molar-refractivity contribution >= 4 is 20.9 Å². The van der Waals surface area contributed by atoms with E-state index in [1.165, 1.54) is 12.1 Å². The molecule has 0 fully saturated rings. The fourth-order valence-electron chi connectivity index (χ4n) is 2.67. The number of rotatable bonds is 7. The van der Waals surface area contributed by atoms with Gasteiger partial charge in [-0.3, -0.25) is 0 Å². The minimum Gasteiger partial charge on any atom is -0.361 e. The summed E-state index contributed by atoms with van der Waals surface area (Å²) in [5, 5.41) is 0.790. The number of nitrogens with one attached hydrogen (secondary N) is 2. The van der Waals surface area contributed by atoms with Crippen molar-refractivity contribution in [3.05, 3.63) is 71.7 Å². The molecule has 0 radical (unpaired) electrons. The number of aromatic amines is 1. The third-order valence-electron chi connectivity index (χ3n) is 3.95. The zero-order chi connectivity index (χ0) is 17.0. The number of aromatic nitrogens is 1. The Balaban J connectivity index is 1.55. The number of benzene rings is 2. The first-order valence-corrected chi connectivity index (χ1v) is 9.45. The van der Waals surface area contributed by atoms with E-state index in [1.807, 2.05) is 30.3 Å². The highest BCUT2D eigenvalue weighted by molar-refractivity contribution is 7.89. The highest BCUT2D eigenvalue weighted by atomic mass is 32.2. The molecule has 3 aromatic rings. The van der Waals surface area contributed by atoms with Crippen LogP contribution in [0.2, 0.25) is 0 Å². The molecule has 1 aromatic heterocycles. The van der Waals surface area contributed by atoms with Crippen molar-refractivity contribution in [1.29, 1.82) is 0 Å². The summed E-state index contributed by atoms with van der Waals surface area (Å²) in [6, 6.07) is 14.1. The molecule has 0 saturated heterocycles. The van der Waals surface area contributed by atoms with Crippen LogP contribution in [0.15, 0.2) is 54.7 Å². The summed E-state index contributed by atoms with van der Waals surface area (Å²) in [5.74, 6) is -0.244. The highest BCUT2D eigenvalue weighted by Crippen LogP contribution is 2.19. The molecule has 2 N–H and O–H groups in total. The van der Waals surface area contributed by atoms with Crippen LogP contribution in [0.25, 0.3) is 10.9 Å². The second-order valence-corrected chi connectivity index (χ2v) is 7.63. The molecule has 0 bridgehead atoms. The minimum atomic E-state index is -3.33. The number of fused-ring (bicyclic) bond motifs is 1. The average Bonchev–Trinajstić information content (AvgIpc) is 2.96. The Hall–Kier alpha value is -2.18. The zero-order valence-corrected chi connectivity index (χ0v) is 13.9. The van der Waals surface area contributed by atoms with Crippen LogP contribution in [-0.4, -0.2) is 25.7 Å². The van der Waals surface area contributed by atoms with Crippen LogP contribution < -0.4 is 4.72 Å². The van der Waals surface area contributed by atoms with Crippen LogP contribution in [0, 0.1) is 5.82 Å². The highest BCUT2D eigenvalue weighted by Gasteiger charge is 2.11. The average molecular weight is 346 g/mol. The Kier molecular flexibility index (Phi) is 4.97. The van der Waals surface area contributed by atoms with Gasteiger partial charge in [-0.05, 0) is 42.2 Å². The van der Waals surface area contributed by atoms with Crippen molar-refractivity contribution < 1.29 is 12.8 Å². The van der Waals surface area contributed by atoms with Crippen LogP contribution in [0.4, 0.5) is 4.39 Å².